The van der Waals surface area contributed by atoms with Gasteiger partial charge >= 0.3 is 11.6 Å². The van der Waals surface area contributed by atoms with Gasteiger partial charge in [0.05, 0.1) is 5.52 Å². The zero-order chi connectivity index (χ0) is 19.0. The van der Waals surface area contributed by atoms with E-state index >= 15 is 0 Å². The highest BCUT2D eigenvalue weighted by Gasteiger charge is 2.14. The maximum absolute atomic E-state index is 12.4. The predicted molar refractivity (Wildman–Crippen MR) is 99.7 cm³/mol. The van der Waals surface area contributed by atoms with Gasteiger partial charge in [-0.2, -0.15) is 0 Å². The Bertz CT molecular complexity index is 1240. The molecule has 4 rings (SSSR count). The zero-order valence-corrected chi connectivity index (χ0v) is 14.4. The zero-order valence-electron chi connectivity index (χ0n) is 14.4. The van der Waals surface area contributed by atoms with Crippen molar-refractivity contribution in [2.24, 2.45) is 0 Å². The van der Waals surface area contributed by atoms with Crippen molar-refractivity contribution < 1.29 is 19.1 Å². The third-order valence-corrected chi connectivity index (χ3v) is 4.38. The summed E-state index contributed by atoms with van der Waals surface area (Å²) in [5.74, 6) is -0.558. The minimum Gasteiger partial charge on any atom is -0.508 e. The van der Waals surface area contributed by atoms with Crippen molar-refractivity contribution >= 4 is 27.8 Å². The van der Waals surface area contributed by atoms with E-state index in [9.17, 15) is 14.7 Å². The summed E-state index contributed by atoms with van der Waals surface area (Å²) in [6.07, 6.45) is 0. The fourth-order valence-corrected chi connectivity index (χ4v) is 2.93. The third kappa shape index (κ3) is 3.13. The van der Waals surface area contributed by atoms with Crippen molar-refractivity contribution in [2.75, 3.05) is 0 Å². The van der Waals surface area contributed by atoms with Crippen molar-refractivity contribution in [1.82, 2.24) is 4.98 Å². The highest BCUT2D eigenvalue weighted by molar-refractivity contribution is 5.91. The first-order chi connectivity index (χ1) is 13.0. The van der Waals surface area contributed by atoms with Gasteiger partial charge in [0, 0.05) is 28.0 Å². The average molecular weight is 361 g/mol. The SMILES string of the molecule is Cc1c(O)ccc2c(COC(=O)c3ccc4ccccc4n3)cc(=O)oc12. The van der Waals surface area contributed by atoms with Crippen molar-refractivity contribution in [3.05, 3.63) is 81.8 Å². The topological polar surface area (TPSA) is 89.6 Å². The number of nitrogens with zero attached hydrogens (tertiary/aromatic N) is 1. The molecule has 0 unspecified atom stereocenters. The van der Waals surface area contributed by atoms with E-state index in [1.54, 1.807) is 25.1 Å². The predicted octanol–water partition coefficient (Wildman–Crippen LogP) is 3.71. The molecule has 2 aromatic heterocycles. The molecule has 6 heteroatoms. The van der Waals surface area contributed by atoms with Crippen LogP contribution in [0.4, 0.5) is 0 Å². The fraction of sp³-hybridized carbons (Fsp3) is 0.0952. The molecule has 0 aliphatic heterocycles. The lowest BCUT2D eigenvalue weighted by Crippen LogP contribution is -2.09. The molecule has 27 heavy (non-hydrogen) atoms. The number of hydrogen-bond donors (Lipinski definition) is 1. The minimum atomic E-state index is -0.586. The molecule has 4 aromatic rings. The molecule has 1 N–H and O–H groups in total. The van der Waals surface area contributed by atoms with Crippen molar-refractivity contribution in [2.45, 2.75) is 13.5 Å². The number of pyridine rings is 1. The normalized spacial score (nSPS) is 11.0. The smallest absolute Gasteiger partial charge is 0.357 e. The van der Waals surface area contributed by atoms with E-state index in [2.05, 4.69) is 4.98 Å². The average Bonchev–Trinajstić information content (AvgIpc) is 2.68. The number of ether oxygens (including phenoxy) is 1. The van der Waals surface area contributed by atoms with Crippen molar-refractivity contribution in [3.8, 4) is 5.75 Å². The van der Waals surface area contributed by atoms with Gasteiger partial charge in [0.15, 0.2) is 0 Å². The van der Waals surface area contributed by atoms with Gasteiger partial charge < -0.3 is 14.3 Å². The quantitative estimate of drug-likeness (QED) is 0.442. The van der Waals surface area contributed by atoms with Crippen LogP contribution in [0.15, 0.2) is 63.8 Å². The van der Waals surface area contributed by atoms with Gasteiger partial charge in [-0.05, 0) is 31.2 Å². The molecule has 0 fully saturated rings. The van der Waals surface area contributed by atoms with Crippen LogP contribution in [0.2, 0.25) is 0 Å². The van der Waals surface area contributed by atoms with Gasteiger partial charge in [-0.1, -0.05) is 24.3 Å². The Labute approximate surface area is 153 Å². The summed E-state index contributed by atoms with van der Waals surface area (Å²) in [5, 5.41) is 11.3. The van der Waals surface area contributed by atoms with Gasteiger partial charge in [0.25, 0.3) is 0 Å². The molecule has 0 saturated carbocycles. The molecular formula is C21H15NO5. The number of carbonyl (C=O) groups excluding carboxylic acids is 1. The monoisotopic (exact) mass is 361 g/mol. The van der Waals surface area contributed by atoms with E-state index in [0.29, 0.717) is 22.0 Å². The van der Waals surface area contributed by atoms with Gasteiger partial charge in [-0.25, -0.2) is 14.6 Å². The second-order valence-electron chi connectivity index (χ2n) is 6.14. The summed E-state index contributed by atoms with van der Waals surface area (Å²) < 4.78 is 10.5. The standard InChI is InChI=1S/C21H15NO5/c1-12-18(23)9-7-15-14(10-19(24)27-20(12)15)11-26-21(25)17-8-6-13-4-2-3-5-16(13)22-17/h2-10,23H,11H2,1H3. The number of aryl methyl sites for hydroxylation is 1. The Morgan fingerprint density at radius 3 is 2.81 bits per heavy atom. The number of esters is 1. The van der Waals surface area contributed by atoms with E-state index in [0.717, 1.165) is 5.39 Å². The lowest BCUT2D eigenvalue weighted by molar-refractivity contribution is 0.0467. The van der Waals surface area contributed by atoms with E-state index in [1.807, 2.05) is 24.3 Å². The number of phenolic OH excluding ortho intramolecular Hbond substituents is 1. The Morgan fingerprint density at radius 1 is 1.15 bits per heavy atom. The van der Waals surface area contributed by atoms with Crippen LogP contribution in [-0.2, 0) is 11.3 Å². The number of rotatable bonds is 3. The van der Waals surface area contributed by atoms with Crippen LogP contribution in [0.25, 0.3) is 21.9 Å². The van der Waals surface area contributed by atoms with E-state index in [1.165, 1.54) is 12.1 Å². The first-order valence-corrected chi connectivity index (χ1v) is 8.31. The Morgan fingerprint density at radius 2 is 1.96 bits per heavy atom. The van der Waals surface area contributed by atoms with Gasteiger partial charge in [0.1, 0.15) is 23.6 Å². The van der Waals surface area contributed by atoms with Crippen LogP contribution in [0.3, 0.4) is 0 Å². The van der Waals surface area contributed by atoms with E-state index in [4.69, 9.17) is 9.15 Å². The molecular weight excluding hydrogens is 346 g/mol. The number of fused-ring (bicyclic) bond motifs is 2. The maximum atomic E-state index is 12.4. The number of benzene rings is 2. The summed E-state index contributed by atoms with van der Waals surface area (Å²) in [6, 6.07) is 15.3. The molecule has 2 aromatic carbocycles. The first kappa shape index (κ1) is 16.8. The van der Waals surface area contributed by atoms with Crippen LogP contribution >= 0.6 is 0 Å². The molecule has 0 amide bonds. The van der Waals surface area contributed by atoms with E-state index in [-0.39, 0.29) is 23.6 Å². The molecule has 0 aliphatic rings. The number of carbonyl (C=O) groups is 1. The van der Waals surface area contributed by atoms with Gasteiger partial charge in [0.2, 0.25) is 0 Å². The lowest BCUT2D eigenvalue weighted by Gasteiger charge is -2.09. The maximum Gasteiger partial charge on any atom is 0.357 e. The molecule has 0 atom stereocenters. The Kier molecular flexibility index (Phi) is 4.08. The lowest BCUT2D eigenvalue weighted by atomic mass is 10.1. The summed E-state index contributed by atoms with van der Waals surface area (Å²) in [4.78, 5) is 28.5. The van der Waals surface area contributed by atoms with Crippen LogP contribution in [-0.4, -0.2) is 16.1 Å². The first-order valence-electron chi connectivity index (χ1n) is 8.31. The molecule has 0 saturated heterocycles. The second-order valence-corrected chi connectivity index (χ2v) is 6.14. The fourth-order valence-electron chi connectivity index (χ4n) is 2.93. The highest BCUT2D eigenvalue weighted by atomic mass is 16.5. The number of para-hydroxylation sites is 1. The van der Waals surface area contributed by atoms with Gasteiger partial charge in [-0.15, -0.1) is 0 Å². The summed E-state index contributed by atoms with van der Waals surface area (Å²) in [6.45, 7) is 1.54. The highest BCUT2D eigenvalue weighted by Crippen LogP contribution is 2.27. The number of aromatic hydroxyl groups is 1. The molecule has 6 nitrogen and oxygen atoms in total. The van der Waals surface area contributed by atoms with Crippen LogP contribution in [0.5, 0.6) is 5.75 Å². The summed E-state index contributed by atoms with van der Waals surface area (Å²) >= 11 is 0. The summed E-state index contributed by atoms with van der Waals surface area (Å²) in [5.41, 5.74) is 1.54. The molecule has 134 valence electrons. The number of aromatic nitrogens is 1. The summed E-state index contributed by atoms with van der Waals surface area (Å²) in [7, 11) is 0. The van der Waals surface area contributed by atoms with E-state index < -0.39 is 11.6 Å². The second kappa shape index (κ2) is 6.57. The molecule has 2 heterocycles. The number of phenols is 1. The Hall–Kier alpha value is -3.67. The van der Waals surface area contributed by atoms with Crippen LogP contribution < -0.4 is 5.63 Å². The van der Waals surface area contributed by atoms with Crippen molar-refractivity contribution in [3.63, 3.8) is 0 Å². The Balaban J connectivity index is 1.63. The van der Waals surface area contributed by atoms with Crippen LogP contribution in [0, 0.1) is 6.92 Å². The molecule has 0 spiro atoms. The minimum absolute atomic E-state index is 0.0279. The molecule has 0 aliphatic carbocycles. The van der Waals surface area contributed by atoms with Crippen LogP contribution in [0.1, 0.15) is 21.6 Å². The molecule has 0 radical (unpaired) electrons. The van der Waals surface area contributed by atoms with Crippen molar-refractivity contribution in [1.29, 1.82) is 0 Å². The molecule has 0 bridgehead atoms. The number of hydrogen-bond acceptors (Lipinski definition) is 6. The van der Waals surface area contributed by atoms with Gasteiger partial charge in [-0.3, -0.25) is 0 Å². The largest absolute Gasteiger partial charge is 0.508 e. The third-order valence-electron chi connectivity index (χ3n) is 4.38.